The number of likely N-dealkylation sites (tertiary alicyclic amines) is 1. The molecule has 41 heavy (non-hydrogen) atoms. The van der Waals surface area contributed by atoms with E-state index in [2.05, 4.69) is 10.2 Å². The van der Waals surface area contributed by atoms with Crippen LogP contribution in [0.5, 0.6) is 11.5 Å². The largest absolute Gasteiger partial charge is 0.459 e. The van der Waals surface area contributed by atoms with Crippen molar-refractivity contribution < 1.29 is 33.6 Å². The molecule has 2 aromatic carbocycles. The molecule has 4 aliphatic rings. The number of hydrogen-bond acceptors (Lipinski definition) is 8. The molecular formula is C31H37N3O7. The molecule has 2 N–H and O–H groups in total. The van der Waals surface area contributed by atoms with Crippen molar-refractivity contribution in [1.29, 1.82) is 0 Å². The minimum Gasteiger partial charge on any atom is -0.459 e. The zero-order valence-corrected chi connectivity index (χ0v) is 23.3. The molecule has 0 aromatic heterocycles. The minimum absolute atomic E-state index is 0.00703. The van der Waals surface area contributed by atoms with Gasteiger partial charge in [0.15, 0.2) is 17.3 Å². The van der Waals surface area contributed by atoms with Crippen LogP contribution in [0.2, 0.25) is 0 Å². The number of benzene rings is 2. The van der Waals surface area contributed by atoms with E-state index in [4.69, 9.17) is 18.9 Å². The Hall–Kier alpha value is -3.76. The molecule has 10 heteroatoms. The molecule has 2 aromatic rings. The van der Waals surface area contributed by atoms with Crippen molar-refractivity contribution in [2.75, 3.05) is 44.7 Å². The molecule has 6 rings (SSSR count). The Morgan fingerprint density at radius 2 is 1.90 bits per heavy atom. The van der Waals surface area contributed by atoms with Crippen molar-refractivity contribution in [2.45, 2.75) is 50.4 Å². The van der Waals surface area contributed by atoms with Gasteiger partial charge in [-0.2, -0.15) is 0 Å². The average Bonchev–Trinajstić information content (AvgIpc) is 3.60. The Morgan fingerprint density at radius 1 is 1.12 bits per heavy atom. The first-order valence-corrected chi connectivity index (χ1v) is 14.4. The molecule has 10 nitrogen and oxygen atoms in total. The first kappa shape index (κ1) is 27.4. The summed E-state index contributed by atoms with van der Waals surface area (Å²) >= 11 is 0. The van der Waals surface area contributed by atoms with E-state index in [0.29, 0.717) is 63.5 Å². The summed E-state index contributed by atoms with van der Waals surface area (Å²) in [6.07, 6.45) is 3.54. The Bertz CT molecular complexity index is 1290. The number of anilines is 1. The van der Waals surface area contributed by atoms with Gasteiger partial charge in [0.1, 0.15) is 5.54 Å². The quantitative estimate of drug-likeness (QED) is 0.504. The molecule has 0 unspecified atom stereocenters. The van der Waals surface area contributed by atoms with E-state index in [0.717, 1.165) is 11.3 Å². The predicted octanol–water partition coefficient (Wildman–Crippen LogP) is 3.12. The van der Waals surface area contributed by atoms with Crippen LogP contribution >= 0.6 is 0 Å². The lowest BCUT2D eigenvalue weighted by Gasteiger charge is -2.44. The SMILES string of the molecule is CCO[C@@H]1OC(C(=O)N2CCC3(CC2)C(=O)NCN3c2ccccc2)=C[C@H](c2ccc3c(c2)OCO3)[C@@H]1CCCO. The number of carbonyl (C=O) groups is 2. The smallest absolute Gasteiger partial charge is 0.288 e. The number of aliphatic hydroxyl groups excluding tert-OH is 1. The summed E-state index contributed by atoms with van der Waals surface area (Å²) in [5.74, 6) is 1.11. The van der Waals surface area contributed by atoms with Crippen molar-refractivity contribution in [3.05, 3.63) is 65.9 Å². The van der Waals surface area contributed by atoms with Crippen molar-refractivity contribution in [3.8, 4) is 11.5 Å². The fourth-order valence-electron chi connectivity index (χ4n) is 6.53. The number of allylic oxidation sites excluding steroid dienone is 1. The zero-order valence-electron chi connectivity index (χ0n) is 23.3. The lowest BCUT2D eigenvalue weighted by molar-refractivity contribution is -0.171. The van der Waals surface area contributed by atoms with Gasteiger partial charge in [0, 0.05) is 43.8 Å². The van der Waals surface area contributed by atoms with Crippen molar-refractivity contribution >= 4 is 17.5 Å². The van der Waals surface area contributed by atoms with Gasteiger partial charge in [0.2, 0.25) is 19.0 Å². The Morgan fingerprint density at radius 3 is 2.66 bits per heavy atom. The summed E-state index contributed by atoms with van der Waals surface area (Å²) < 4.78 is 23.4. The first-order valence-electron chi connectivity index (χ1n) is 14.4. The summed E-state index contributed by atoms with van der Waals surface area (Å²) in [7, 11) is 0. The van der Waals surface area contributed by atoms with Crippen LogP contribution in [-0.4, -0.2) is 73.4 Å². The monoisotopic (exact) mass is 563 g/mol. The van der Waals surface area contributed by atoms with E-state index in [9.17, 15) is 14.7 Å². The lowest BCUT2D eigenvalue weighted by Crippen LogP contribution is -2.57. The van der Waals surface area contributed by atoms with Gasteiger partial charge in [-0.25, -0.2) is 0 Å². The van der Waals surface area contributed by atoms with Gasteiger partial charge in [-0.3, -0.25) is 9.59 Å². The van der Waals surface area contributed by atoms with Crippen molar-refractivity contribution in [1.82, 2.24) is 10.2 Å². The van der Waals surface area contributed by atoms with Crippen LogP contribution in [0.25, 0.3) is 0 Å². The number of hydrogen-bond donors (Lipinski definition) is 2. The van der Waals surface area contributed by atoms with Crippen LogP contribution in [0.15, 0.2) is 60.4 Å². The van der Waals surface area contributed by atoms with E-state index in [1.165, 1.54) is 0 Å². The van der Waals surface area contributed by atoms with Crippen LogP contribution in [0.3, 0.4) is 0 Å². The van der Waals surface area contributed by atoms with E-state index in [1.807, 2.05) is 61.5 Å². The van der Waals surface area contributed by atoms with Crippen LogP contribution in [-0.2, 0) is 19.1 Å². The molecule has 0 radical (unpaired) electrons. The van der Waals surface area contributed by atoms with Gasteiger partial charge in [0.25, 0.3) is 5.91 Å². The third-order valence-corrected chi connectivity index (χ3v) is 8.69. The van der Waals surface area contributed by atoms with E-state index in [-0.39, 0.29) is 42.8 Å². The summed E-state index contributed by atoms with van der Waals surface area (Å²) in [5, 5.41) is 12.6. The number of ether oxygens (including phenoxy) is 4. The topological polar surface area (TPSA) is 110 Å². The van der Waals surface area contributed by atoms with E-state index in [1.54, 1.807) is 4.90 Å². The number of piperidine rings is 1. The van der Waals surface area contributed by atoms with Crippen LogP contribution < -0.4 is 19.7 Å². The summed E-state index contributed by atoms with van der Waals surface area (Å²) in [5.41, 5.74) is 1.27. The van der Waals surface area contributed by atoms with Gasteiger partial charge in [-0.1, -0.05) is 24.3 Å². The summed E-state index contributed by atoms with van der Waals surface area (Å²) in [6, 6.07) is 15.7. The molecule has 4 aliphatic heterocycles. The highest BCUT2D eigenvalue weighted by Crippen LogP contribution is 2.43. The third kappa shape index (κ3) is 5.10. The second kappa shape index (κ2) is 11.6. The van der Waals surface area contributed by atoms with Crippen LogP contribution in [0.1, 0.15) is 44.1 Å². The maximum absolute atomic E-state index is 13.9. The number of carbonyl (C=O) groups excluding carboxylic acids is 2. The number of nitrogens with zero attached hydrogens (tertiary/aromatic N) is 2. The normalized spacial score (nSPS) is 24.7. The molecule has 4 heterocycles. The fourth-order valence-corrected chi connectivity index (χ4v) is 6.53. The standard InChI is InChI=1S/C31H37N3O7/c1-2-38-29-23(9-6-16-35)24(21-10-11-25-26(17-21)40-20-39-25)18-27(41-29)28(36)33-14-12-31(13-15-33)30(37)32-19-34(31)22-7-4-3-5-8-22/h3-5,7-8,10-11,17-18,23-24,29,35H,2,6,9,12-16,19-20H2,1H3,(H,32,37)/t23-,24+,29+/m0/s1. The maximum Gasteiger partial charge on any atom is 0.288 e. The molecule has 0 saturated carbocycles. The van der Waals surface area contributed by atoms with Gasteiger partial charge in [0.05, 0.1) is 6.67 Å². The molecule has 0 bridgehead atoms. The van der Waals surface area contributed by atoms with Gasteiger partial charge >= 0.3 is 0 Å². The fraction of sp³-hybridized carbons (Fsp3) is 0.484. The van der Waals surface area contributed by atoms with Gasteiger partial charge < -0.3 is 39.2 Å². The Labute approximate surface area is 239 Å². The van der Waals surface area contributed by atoms with Gasteiger partial charge in [-0.15, -0.1) is 0 Å². The molecule has 1 spiro atoms. The number of fused-ring (bicyclic) bond motifs is 1. The third-order valence-electron chi connectivity index (χ3n) is 8.69. The average molecular weight is 564 g/mol. The maximum atomic E-state index is 13.9. The molecule has 2 amide bonds. The molecule has 3 atom stereocenters. The summed E-state index contributed by atoms with van der Waals surface area (Å²) in [6.45, 7) is 3.87. The minimum atomic E-state index is -0.682. The van der Waals surface area contributed by atoms with Crippen LogP contribution in [0, 0.1) is 5.92 Å². The summed E-state index contributed by atoms with van der Waals surface area (Å²) in [4.78, 5) is 30.9. The Balaban J connectivity index is 1.25. The van der Waals surface area contributed by atoms with E-state index < -0.39 is 11.8 Å². The predicted molar refractivity (Wildman–Crippen MR) is 150 cm³/mol. The highest BCUT2D eigenvalue weighted by atomic mass is 16.7. The number of para-hydroxylation sites is 1. The number of aliphatic hydroxyl groups is 1. The number of rotatable bonds is 8. The molecule has 2 fully saturated rings. The van der Waals surface area contributed by atoms with Crippen molar-refractivity contribution in [2.24, 2.45) is 5.92 Å². The lowest BCUT2D eigenvalue weighted by atomic mass is 9.80. The molecular weight excluding hydrogens is 526 g/mol. The van der Waals surface area contributed by atoms with Gasteiger partial charge in [-0.05, 0) is 68.5 Å². The number of amides is 2. The Kier molecular flexibility index (Phi) is 7.77. The highest BCUT2D eigenvalue weighted by molar-refractivity contribution is 5.95. The van der Waals surface area contributed by atoms with E-state index >= 15 is 0 Å². The second-order valence-electron chi connectivity index (χ2n) is 10.9. The number of nitrogens with one attached hydrogen (secondary N) is 1. The zero-order chi connectivity index (χ0) is 28.4. The highest BCUT2D eigenvalue weighted by Gasteiger charge is 2.51. The molecule has 2 saturated heterocycles. The van der Waals surface area contributed by atoms with Crippen LogP contribution in [0.4, 0.5) is 5.69 Å². The second-order valence-corrected chi connectivity index (χ2v) is 10.9. The first-order chi connectivity index (χ1) is 20.0. The molecule has 218 valence electrons. The molecule has 0 aliphatic carbocycles. The van der Waals surface area contributed by atoms with Crippen molar-refractivity contribution in [3.63, 3.8) is 0 Å².